The lowest BCUT2D eigenvalue weighted by Crippen LogP contribution is -2.40. The highest BCUT2D eigenvalue weighted by molar-refractivity contribution is 5.91. The Kier molecular flexibility index (Phi) is 12.8. The van der Waals surface area contributed by atoms with E-state index in [4.69, 9.17) is 45.8 Å². The number of guanidine groups is 1. The van der Waals surface area contributed by atoms with Gasteiger partial charge in [-0.25, -0.2) is 14.4 Å². The molecule has 6 N–H and O–H groups in total. The second-order valence-corrected chi connectivity index (χ2v) is 9.90. The highest BCUT2D eigenvalue weighted by Gasteiger charge is 2.39. The summed E-state index contributed by atoms with van der Waals surface area (Å²) in [6.07, 6.45) is -7.49. The number of aliphatic carboxylic acids is 2. The number of nitrogens with two attached hydrogens (primary N) is 1. The Bertz CT molecular complexity index is 1380. The fourth-order valence-corrected chi connectivity index (χ4v) is 4.14. The normalized spacial score (nSPS) is 14.8. The molecule has 0 spiro atoms. The zero-order valence-corrected chi connectivity index (χ0v) is 24.2. The van der Waals surface area contributed by atoms with Crippen molar-refractivity contribution in [1.29, 1.82) is 10.8 Å². The molecule has 46 heavy (non-hydrogen) atoms. The molecule has 2 heterocycles. The third-order valence-electron chi connectivity index (χ3n) is 6.54. The van der Waals surface area contributed by atoms with E-state index in [1.54, 1.807) is 35.2 Å². The number of carbonyl (C=O) groups excluding carboxylic acids is 1. The van der Waals surface area contributed by atoms with E-state index in [9.17, 15) is 31.1 Å². The predicted molar refractivity (Wildman–Crippen MR) is 150 cm³/mol. The summed E-state index contributed by atoms with van der Waals surface area (Å²) in [5.41, 5.74) is 8.27. The van der Waals surface area contributed by atoms with Crippen molar-refractivity contribution in [2.45, 2.75) is 51.2 Å². The van der Waals surface area contributed by atoms with Crippen molar-refractivity contribution in [1.82, 2.24) is 9.80 Å². The number of esters is 1. The van der Waals surface area contributed by atoms with Crippen LogP contribution in [0.5, 0.6) is 11.5 Å². The van der Waals surface area contributed by atoms with Gasteiger partial charge < -0.3 is 35.2 Å². The van der Waals surface area contributed by atoms with Crippen molar-refractivity contribution in [3.63, 3.8) is 0 Å². The number of likely N-dealkylation sites (tertiary alicyclic amines) is 1. The van der Waals surface area contributed by atoms with E-state index >= 15 is 0 Å². The zero-order chi connectivity index (χ0) is 34.8. The molecule has 0 atom stereocenters. The van der Waals surface area contributed by atoms with Crippen molar-refractivity contribution in [3.8, 4) is 11.5 Å². The van der Waals surface area contributed by atoms with E-state index in [-0.39, 0.29) is 12.1 Å². The maximum atomic E-state index is 12.6. The first-order valence-electron chi connectivity index (χ1n) is 13.4. The van der Waals surface area contributed by atoms with Crippen molar-refractivity contribution in [2.75, 3.05) is 19.6 Å². The van der Waals surface area contributed by atoms with E-state index in [0.717, 1.165) is 50.2 Å². The van der Waals surface area contributed by atoms with Crippen LogP contribution in [0.1, 0.15) is 41.3 Å². The molecule has 4 rings (SSSR count). The first-order chi connectivity index (χ1) is 21.3. The monoisotopic (exact) mass is 663 g/mol. The number of fused-ring (bicyclic) bond motifs is 1. The van der Waals surface area contributed by atoms with Gasteiger partial charge in [-0.15, -0.1) is 0 Å². The van der Waals surface area contributed by atoms with Crippen LogP contribution in [0.4, 0.5) is 26.3 Å². The van der Waals surface area contributed by atoms with Gasteiger partial charge in [-0.3, -0.25) is 10.8 Å². The van der Waals surface area contributed by atoms with Crippen molar-refractivity contribution >= 4 is 29.7 Å². The minimum absolute atomic E-state index is 0.0516. The number of alkyl halides is 6. The van der Waals surface area contributed by atoms with E-state index in [1.807, 2.05) is 19.1 Å². The number of hydrogen-bond donors (Lipinski definition) is 5. The van der Waals surface area contributed by atoms with E-state index in [1.165, 1.54) is 5.56 Å². The van der Waals surface area contributed by atoms with Gasteiger partial charge >= 0.3 is 30.3 Å². The summed E-state index contributed by atoms with van der Waals surface area (Å²) < 4.78 is 75.1. The van der Waals surface area contributed by atoms with Crippen molar-refractivity contribution in [2.24, 2.45) is 5.73 Å². The van der Waals surface area contributed by atoms with Crippen LogP contribution in [0.3, 0.4) is 0 Å². The number of ether oxygens (including phenoxy) is 2. The number of halogens is 6. The van der Waals surface area contributed by atoms with Crippen molar-refractivity contribution in [3.05, 3.63) is 59.2 Å². The van der Waals surface area contributed by atoms with Gasteiger partial charge in [-0.05, 0) is 60.9 Å². The number of nitrogens with one attached hydrogen (secondary N) is 2. The Balaban J connectivity index is 0.000000440. The topological polar surface area (TPSA) is 190 Å². The van der Waals surface area contributed by atoms with E-state index in [2.05, 4.69) is 4.90 Å². The molecule has 12 nitrogen and oxygen atoms in total. The lowest BCUT2D eigenvalue weighted by molar-refractivity contribution is -0.193. The van der Waals surface area contributed by atoms with Gasteiger partial charge in [0, 0.05) is 39.0 Å². The average Bonchev–Trinajstić information content (AvgIpc) is 2.97. The summed E-state index contributed by atoms with van der Waals surface area (Å²) in [4.78, 5) is 34.2. The molecule has 0 radical (unpaired) electrons. The first-order valence-corrected chi connectivity index (χ1v) is 13.4. The third-order valence-corrected chi connectivity index (χ3v) is 6.54. The number of benzene rings is 2. The number of carbonyl (C=O) groups is 3. The molecule has 18 heteroatoms. The third kappa shape index (κ3) is 11.8. The molecule has 0 aromatic heterocycles. The maximum Gasteiger partial charge on any atom is 0.490 e. The molecule has 2 aromatic rings. The molecular formula is C28H31F6N5O7. The quantitative estimate of drug-likeness (QED) is 0.104. The Morgan fingerprint density at radius 2 is 1.33 bits per heavy atom. The van der Waals surface area contributed by atoms with E-state index in [0.29, 0.717) is 23.7 Å². The minimum Gasteiger partial charge on any atom is -0.490 e. The van der Waals surface area contributed by atoms with Gasteiger partial charge in [-0.2, -0.15) is 26.3 Å². The summed E-state index contributed by atoms with van der Waals surface area (Å²) in [5, 5.41) is 29.6. The summed E-state index contributed by atoms with van der Waals surface area (Å²) >= 11 is 0. The number of nitrogens with zero attached hydrogens (tertiary/aromatic N) is 2. The highest BCUT2D eigenvalue weighted by atomic mass is 19.4. The van der Waals surface area contributed by atoms with Crippen LogP contribution >= 0.6 is 0 Å². The fourth-order valence-electron chi connectivity index (χ4n) is 4.14. The molecule has 0 aliphatic carbocycles. The predicted octanol–water partition coefficient (Wildman–Crippen LogP) is 4.26. The molecule has 0 bridgehead atoms. The zero-order valence-electron chi connectivity index (χ0n) is 24.2. The SMILES string of the molecule is CC(=N)N1CCC(Oc2ccc(C(=O)Oc3ccc4c(c3)CN(C(=N)N)CC4)cc2)CC1.O=C(O)C(F)(F)F.O=C(O)C(F)(F)F. The smallest absolute Gasteiger partial charge is 0.490 e. The average molecular weight is 664 g/mol. The summed E-state index contributed by atoms with van der Waals surface area (Å²) in [6, 6.07) is 12.6. The standard InChI is InChI=1S/C24H29N5O3.2C2HF3O2/c1-16(25)28-12-9-21(10-13-28)31-20-5-3-18(4-6-20)23(30)32-22-7-2-17-8-11-29(24(26)27)15-19(17)14-22;2*3-2(4,5)1(6)7/h2-7,14,21,25H,8-13,15H2,1H3,(H3,26,27);2*(H,6,7). The molecule has 0 amide bonds. The molecular weight excluding hydrogens is 632 g/mol. The molecule has 2 aliphatic rings. The molecule has 0 saturated carbocycles. The van der Waals surface area contributed by atoms with Gasteiger partial charge in [-0.1, -0.05) is 6.07 Å². The second-order valence-electron chi connectivity index (χ2n) is 9.90. The Morgan fingerprint density at radius 1 is 0.826 bits per heavy atom. The molecule has 2 aliphatic heterocycles. The summed E-state index contributed by atoms with van der Waals surface area (Å²) in [5.74, 6) is -4.08. The Labute approximate surface area is 258 Å². The number of piperidine rings is 1. The molecule has 252 valence electrons. The van der Waals surface area contributed by atoms with Crippen molar-refractivity contribution < 1.29 is 60.4 Å². The van der Waals surface area contributed by atoms with Crippen LogP contribution in [-0.2, 0) is 22.6 Å². The van der Waals surface area contributed by atoms with Gasteiger partial charge in [0.15, 0.2) is 5.96 Å². The van der Waals surface area contributed by atoms with Crippen LogP contribution in [0.2, 0.25) is 0 Å². The van der Waals surface area contributed by atoms with Gasteiger partial charge in [0.2, 0.25) is 0 Å². The largest absolute Gasteiger partial charge is 0.490 e. The number of hydrogen-bond acceptors (Lipinski definition) is 7. The molecule has 0 unspecified atom stereocenters. The first kappa shape index (κ1) is 37.2. The minimum atomic E-state index is -5.08. The summed E-state index contributed by atoms with van der Waals surface area (Å²) in [6.45, 7) is 4.73. The highest BCUT2D eigenvalue weighted by Crippen LogP contribution is 2.25. The number of carboxylic acids is 2. The molecule has 1 saturated heterocycles. The Morgan fingerprint density at radius 3 is 1.78 bits per heavy atom. The number of carboxylic acid groups (broad SMARTS) is 2. The molecule has 2 aromatic carbocycles. The lowest BCUT2D eigenvalue weighted by Gasteiger charge is -2.32. The van der Waals surface area contributed by atoms with Gasteiger partial charge in [0.25, 0.3) is 0 Å². The summed E-state index contributed by atoms with van der Waals surface area (Å²) in [7, 11) is 0. The van der Waals surface area contributed by atoms with E-state index < -0.39 is 30.3 Å². The number of rotatable bonds is 4. The van der Waals surface area contributed by atoms with Crippen LogP contribution < -0.4 is 15.2 Å². The van der Waals surface area contributed by atoms with Crippen LogP contribution in [-0.4, -0.2) is 87.8 Å². The van der Waals surface area contributed by atoms with Crippen LogP contribution in [0, 0.1) is 10.8 Å². The maximum absolute atomic E-state index is 12.6. The van der Waals surface area contributed by atoms with Gasteiger partial charge in [0.1, 0.15) is 17.6 Å². The second kappa shape index (κ2) is 15.8. The molecule has 1 fully saturated rings. The Hall–Kier alpha value is -5.03. The van der Waals surface area contributed by atoms with Crippen LogP contribution in [0.25, 0.3) is 0 Å². The van der Waals surface area contributed by atoms with Crippen LogP contribution in [0.15, 0.2) is 42.5 Å². The lowest BCUT2D eigenvalue weighted by atomic mass is 10.00. The fraction of sp³-hybridized carbons (Fsp3) is 0.393. The number of amidine groups is 1. The van der Waals surface area contributed by atoms with Gasteiger partial charge in [0.05, 0.1) is 11.4 Å².